The molecule has 1 fully saturated rings. The molecule has 1 aliphatic heterocycles. The maximum atomic E-state index is 6.05. The maximum Gasteiger partial charge on any atom is 0.186 e. The topological polar surface area (TPSA) is 32.3 Å². The maximum absolute atomic E-state index is 6.05. The van der Waals surface area contributed by atoms with E-state index in [4.69, 9.17) is 16.6 Å². The van der Waals surface area contributed by atoms with E-state index in [0.29, 0.717) is 0 Å². The number of halogens is 1. The van der Waals surface area contributed by atoms with Crippen molar-refractivity contribution in [3.8, 4) is 0 Å². The lowest BCUT2D eigenvalue weighted by atomic mass is 10.3. The minimum atomic E-state index is 0.766. The number of hydrogen-bond acceptors (Lipinski definition) is 5. The monoisotopic (exact) mass is 330 g/mol. The van der Waals surface area contributed by atoms with Crippen molar-refractivity contribution in [3.05, 3.63) is 47.6 Å². The van der Waals surface area contributed by atoms with E-state index in [1.807, 2.05) is 36.5 Å². The number of fused-ring (bicyclic) bond motifs is 1. The third-order valence-corrected chi connectivity index (χ3v) is 5.18. The smallest absolute Gasteiger partial charge is 0.186 e. The minimum absolute atomic E-state index is 0.766. The Bertz CT molecular complexity index is 781. The Kier molecular flexibility index (Phi) is 3.60. The highest BCUT2D eigenvalue weighted by Crippen LogP contribution is 2.31. The molecule has 4 rings (SSSR count). The van der Waals surface area contributed by atoms with Crippen molar-refractivity contribution in [3.63, 3.8) is 0 Å². The number of thiazole rings is 1. The van der Waals surface area contributed by atoms with Crippen LogP contribution in [0.4, 0.5) is 10.9 Å². The standard InChI is InChI=1S/C16H15ClN4S/c17-12-4-5-13-14(11-12)22-16(19-13)21-9-7-20(8-10-21)15-3-1-2-6-18-15/h1-6,11H,7-10H2. The fourth-order valence-corrected chi connectivity index (χ4v) is 3.98. The molecule has 0 saturated carbocycles. The number of benzene rings is 1. The summed E-state index contributed by atoms with van der Waals surface area (Å²) in [6, 6.07) is 11.9. The molecule has 0 radical (unpaired) electrons. The molecule has 22 heavy (non-hydrogen) atoms. The molecule has 0 N–H and O–H groups in total. The van der Waals surface area contributed by atoms with Gasteiger partial charge >= 0.3 is 0 Å². The van der Waals surface area contributed by atoms with Gasteiger partial charge in [0.25, 0.3) is 0 Å². The summed E-state index contributed by atoms with van der Waals surface area (Å²) in [6.07, 6.45) is 1.85. The Balaban J connectivity index is 1.50. The Morgan fingerprint density at radius 2 is 1.82 bits per heavy atom. The van der Waals surface area contributed by atoms with Crippen molar-refractivity contribution in [2.45, 2.75) is 0 Å². The van der Waals surface area contributed by atoms with E-state index >= 15 is 0 Å². The van der Waals surface area contributed by atoms with Crippen LogP contribution < -0.4 is 9.80 Å². The first-order valence-corrected chi connectivity index (χ1v) is 8.46. The van der Waals surface area contributed by atoms with Crippen LogP contribution in [0.15, 0.2) is 42.6 Å². The number of nitrogens with zero attached hydrogens (tertiary/aromatic N) is 4. The average Bonchev–Trinajstić information content (AvgIpc) is 2.99. The molecule has 0 amide bonds. The number of pyridine rings is 1. The van der Waals surface area contributed by atoms with E-state index in [1.54, 1.807) is 11.3 Å². The van der Waals surface area contributed by atoms with E-state index in [9.17, 15) is 0 Å². The molecule has 0 atom stereocenters. The first kappa shape index (κ1) is 13.8. The van der Waals surface area contributed by atoms with Gasteiger partial charge < -0.3 is 9.80 Å². The second-order valence-electron chi connectivity index (χ2n) is 5.27. The molecule has 6 heteroatoms. The van der Waals surface area contributed by atoms with Gasteiger partial charge in [0.05, 0.1) is 10.2 Å². The fraction of sp³-hybridized carbons (Fsp3) is 0.250. The first-order valence-electron chi connectivity index (χ1n) is 7.27. The lowest BCUT2D eigenvalue weighted by molar-refractivity contribution is 0.646. The Morgan fingerprint density at radius 3 is 2.59 bits per heavy atom. The third-order valence-electron chi connectivity index (χ3n) is 3.86. The van der Waals surface area contributed by atoms with E-state index in [-0.39, 0.29) is 0 Å². The number of aromatic nitrogens is 2. The van der Waals surface area contributed by atoms with Gasteiger partial charge in [0.15, 0.2) is 5.13 Å². The van der Waals surface area contributed by atoms with Crippen LogP contribution in [0.1, 0.15) is 0 Å². The van der Waals surface area contributed by atoms with E-state index < -0.39 is 0 Å². The molecule has 0 spiro atoms. The number of rotatable bonds is 2. The number of anilines is 2. The van der Waals surface area contributed by atoms with Gasteiger partial charge in [0.2, 0.25) is 0 Å². The van der Waals surface area contributed by atoms with Crippen LogP contribution in [-0.2, 0) is 0 Å². The molecule has 2 aromatic heterocycles. The molecular formula is C16H15ClN4S. The molecular weight excluding hydrogens is 316 g/mol. The van der Waals surface area contributed by atoms with Crippen molar-refractivity contribution in [1.82, 2.24) is 9.97 Å². The quantitative estimate of drug-likeness (QED) is 0.717. The highest BCUT2D eigenvalue weighted by molar-refractivity contribution is 7.22. The van der Waals surface area contributed by atoms with Crippen molar-refractivity contribution in [1.29, 1.82) is 0 Å². The third kappa shape index (κ3) is 2.62. The van der Waals surface area contributed by atoms with Crippen LogP contribution in [0.3, 0.4) is 0 Å². The molecule has 112 valence electrons. The van der Waals surface area contributed by atoms with Gasteiger partial charge in [-0.3, -0.25) is 0 Å². The average molecular weight is 331 g/mol. The van der Waals surface area contributed by atoms with Gasteiger partial charge in [-0.25, -0.2) is 9.97 Å². The highest BCUT2D eigenvalue weighted by atomic mass is 35.5. The molecule has 4 nitrogen and oxygen atoms in total. The molecule has 1 saturated heterocycles. The van der Waals surface area contributed by atoms with E-state index in [1.165, 1.54) is 0 Å². The van der Waals surface area contributed by atoms with Crippen molar-refractivity contribution < 1.29 is 0 Å². The SMILES string of the molecule is Clc1ccc2nc(N3CCN(c4ccccn4)CC3)sc2c1. The molecule has 1 aliphatic rings. The summed E-state index contributed by atoms with van der Waals surface area (Å²) in [5.74, 6) is 1.05. The highest BCUT2D eigenvalue weighted by Gasteiger charge is 2.20. The van der Waals surface area contributed by atoms with E-state index in [2.05, 4.69) is 20.9 Å². The number of hydrogen-bond donors (Lipinski definition) is 0. The first-order chi connectivity index (χ1) is 10.8. The van der Waals surface area contributed by atoms with E-state index in [0.717, 1.165) is 52.4 Å². The van der Waals surface area contributed by atoms with Crippen LogP contribution in [0, 0.1) is 0 Å². The zero-order valence-corrected chi connectivity index (χ0v) is 13.5. The molecule has 0 unspecified atom stereocenters. The second kappa shape index (κ2) is 5.74. The number of piperazine rings is 1. The van der Waals surface area contributed by atoms with Gasteiger partial charge in [-0.15, -0.1) is 0 Å². The van der Waals surface area contributed by atoms with Crippen molar-refractivity contribution in [2.75, 3.05) is 36.0 Å². The van der Waals surface area contributed by atoms with Gasteiger partial charge in [-0.05, 0) is 30.3 Å². The summed E-state index contributed by atoms with van der Waals surface area (Å²) >= 11 is 7.76. The Morgan fingerprint density at radius 1 is 1.00 bits per heavy atom. The Labute approximate surface area is 138 Å². The summed E-state index contributed by atoms with van der Waals surface area (Å²) in [6.45, 7) is 3.86. The predicted octanol–water partition coefficient (Wildman–Crippen LogP) is 3.67. The second-order valence-corrected chi connectivity index (χ2v) is 6.72. The van der Waals surface area contributed by atoms with Crippen molar-refractivity contribution in [2.24, 2.45) is 0 Å². The Hall–Kier alpha value is -1.85. The molecule has 0 aliphatic carbocycles. The summed E-state index contributed by atoms with van der Waals surface area (Å²) in [5, 5.41) is 1.85. The summed E-state index contributed by atoms with van der Waals surface area (Å²) in [7, 11) is 0. The largest absolute Gasteiger partial charge is 0.353 e. The molecule has 3 aromatic rings. The zero-order chi connectivity index (χ0) is 14.9. The molecule has 1 aromatic carbocycles. The van der Waals surface area contributed by atoms with Crippen LogP contribution in [0.5, 0.6) is 0 Å². The lowest BCUT2D eigenvalue weighted by Crippen LogP contribution is -2.46. The van der Waals surface area contributed by atoms with Crippen molar-refractivity contribution >= 4 is 44.1 Å². The van der Waals surface area contributed by atoms with Crippen LogP contribution in [0.25, 0.3) is 10.2 Å². The van der Waals surface area contributed by atoms with Gasteiger partial charge in [0, 0.05) is 37.4 Å². The molecule has 3 heterocycles. The van der Waals surface area contributed by atoms with Gasteiger partial charge in [0.1, 0.15) is 5.82 Å². The summed E-state index contributed by atoms with van der Waals surface area (Å²) in [4.78, 5) is 13.8. The van der Waals surface area contributed by atoms with Gasteiger partial charge in [-0.1, -0.05) is 29.0 Å². The summed E-state index contributed by atoms with van der Waals surface area (Å²) < 4.78 is 1.15. The van der Waals surface area contributed by atoms with Crippen LogP contribution in [0.2, 0.25) is 5.02 Å². The lowest BCUT2D eigenvalue weighted by Gasteiger charge is -2.35. The van der Waals surface area contributed by atoms with Crippen LogP contribution in [-0.4, -0.2) is 36.1 Å². The molecule has 0 bridgehead atoms. The normalized spacial score (nSPS) is 15.5. The predicted molar refractivity (Wildman–Crippen MR) is 93.3 cm³/mol. The van der Waals surface area contributed by atoms with Gasteiger partial charge in [-0.2, -0.15) is 0 Å². The summed E-state index contributed by atoms with van der Waals surface area (Å²) in [5.41, 5.74) is 1.02. The fourth-order valence-electron chi connectivity index (χ4n) is 2.69. The zero-order valence-electron chi connectivity index (χ0n) is 11.9. The minimum Gasteiger partial charge on any atom is -0.353 e. The van der Waals surface area contributed by atoms with Crippen LogP contribution >= 0.6 is 22.9 Å².